The molecule has 130 valence electrons. The first-order valence-corrected chi connectivity index (χ1v) is 8.69. The van der Waals surface area contributed by atoms with Crippen LogP contribution in [-0.2, 0) is 6.42 Å². The number of carbonyl (C=O) groups is 1. The monoisotopic (exact) mass is 328 g/mol. The molecule has 0 aromatic heterocycles. The van der Waals surface area contributed by atoms with Crippen LogP contribution in [0.5, 0.6) is 11.5 Å². The second kappa shape index (κ2) is 7.25. The number of Topliss-reactive ketones (excluding diaryl/α,β-unsaturated/α-hetero) is 1. The molecule has 3 nitrogen and oxygen atoms in total. The molecule has 1 unspecified atom stereocenters. The van der Waals surface area contributed by atoms with E-state index in [1.165, 1.54) is 5.57 Å². The number of phenolic OH excluding ortho intramolecular Hbond substituents is 1. The van der Waals surface area contributed by atoms with Crippen molar-refractivity contribution in [2.24, 2.45) is 0 Å². The minimum atomic E-state index is -0.472. The van der Waals surface area contributed by atoms with E-state index in [1.54, 1.807) is 13.0 Å². The Morgan fingerprint density at radius 2 is 2.04 bits per heavy atom. The molecule has 0 fully saturated rings. The van der Waals surface area contributed by atoms with Gasteiger partial charge in [-0.05, 0) is 70.7 Å². The van der Waals surface area contributed by atoms with Crippen LogP contribution < -0.4 is 4.74 Å². The molecule has 1 aliphatic heterocycles. The minimum absolute atomic E-state index is 0.0170. The van der Waals surface area contributed by atoms with Gasteiger partial charge < -0.3 is 9.84 Å². The Kier molecular flexibility index (Phi) is 5.53. The molecule has 1 aromatic rings. The summed E-state index contributed by atoms with van der Waals surface area (Å²) in [5, 5.41) is 10.3. The van der Waals surface area contributed by atoms with E-state index in [0.29, 0.717) is 16.9 Å². The predicted octanol–water partition coefficient (Wildman–Crippen LogP) is 5.46. The maximum atomic E-state index is 12.2. The number of aryl methyl sites for hydroxylation is 1. The third kappa shape index (κ3) is 3.89. The van der Waals surface area contributed by atoms with E-state index in [1.807, 2.05) is 19.1 Å². The molecular formula is C21H28O3. The minimum Gasteiger partial charge on any atom is -0.507 e. The molecule has 0 saturated carbocycles. The van der Waals surface area contributed by atoms with Crippen LogP contribution in [0, 0.1) is 0 Å². The van der Waals surface area contributed by atoms with Gasteiger partial charge in [-0.3, -0.25) is 4.79 Å². The van der Waals surface area contributed by atoms with Gasteiger partial charge in [0.15, 0.2) is 5.78 Å². The normalized spacial score (nSPS) is 18.7. The summed E-state index contributed by atoms with van der Waals surface area (Å²) in [6.07, 6.45) is 9.45. The van der Waals surface area contributed by atoms with Gasteiger partial charge in [0.05, 0.1) is 11.1 Å². The van der Waals surface area contributed by atoms with Crippen molar-refractivity contribution in [2.45, 2.75) is 65.9 Å². The van der Waals surface area contributed by atoms with E-state index in [-0.39, 0.29) is 11.5 Å². The third-order valence-electron chi connectivity index (χ3n) is 4.38. The zero-order valence-electron chi connectivity index (χ0n) is 15.4. The van der Waals surface area contributed by atoms with E-state index in [9.17, 15) is 9.90 Å². The number of ketones is 1. The lowest BCUT2D eigenvalue weighted by molar-refractivity contribution is 0.0986. The van der Waals surface area contributed by atoms with Crippen LogP contribution in [0.4, 0.5) is 0 Å². The Labute approximate surface area is 145 Å². The lowest BCUT2D eigenvalue weighted by atomic mass is 9.90. The topological polar surface area (TPSA) is 46.5 Å². The van der Waals surface area contributed by atoms with E-state index < -0.39 is 5.60 Å². The zero-order valence-corrected chi connectivity index (χ0v) is 15.4. The highest BCUT2D eigenvalue weighted by Crippen LogP contribution is 2.42. The Morgan fingerprint density at radius 1 is 1.33 bits per heavy atom. The molecular weight excluding hydrogens is 300 g/mol. The summed E-state index contributed by atoms with van der Waals surface area (Å²) in [7, 11) is 0. The van der Waals surface area contributed by atoms with E-state index >= 15 is 0 Å². The Hall–Kier alpha value is -2.03. The van der Waals surface area contributed by atoms with Gasteiger partial charge in [0.25, 0.3) is 0 Å². The van der Waals surface area contributed by atoms with Crippen LogP contribution in [-0.4, -0.2) is 16.5 Å². The van der Waals surface area contributed by atoms with Crippen molar-refractivity contribution in [3.8, 4) is 11.5 Å². The van der Waals surface area contributed by atoms with E-state index in [4.69, 9.17) is 4.74 Å². The maximum Gasteiger partial charge on any atom is 0.163 e. The summed E-state index contributed by atoms with van der Waals surface area (Å²) in [6.45, 7) is 9.81. The molecule has 1 N–H and O–H groups in total. The molecule has 1 heterocycles. The van der Waals surface area contributed by atoms with Crippen molar-refractivity contribution in [2.75, 3.05) is 0 Å². The number of benzene rings is 1. The number of carbonyl (C=O) groups excluding carboxylic acids is 1. The number of fused-ring (bicyclic) bond motifs is 1. The molecule has 2 rings (SSSR count). The van der Waals surface area contributed by atoms with Gasteiger partial charge in [-0.1, -0.05) is 25.0 Å². The molecule has 0 aliphatic carbocycles. The fourth-order valence-electron chi connectivity index (χ4n) is 3.14. The molecule has 0 radical (unpaired) electrons. The number of rotatable bonds is 6. The van der Waals surface area contributed by atoms with Crippen LogP contribution in [0.25, 0.3) is 6.08 Å². The molecule has 0 amide bonds. The molecule has 1 atom stereocenters. The largest absolute Gasteiger partial charge is 0.507 e. The van der Waals surface area contributed by atoms with Gasteiger partial charge in [-0.15, -0.1) is 0 Å². The van der Waals surface area contributed by atoms with Crippen LogP contribution >= 0.6 is 0 Å². The van der Waals surface area contributed by atoms with Crippen LogP contribution in [0.1, 0.15) is 75.4 Å². The van der Waals surface area contributed by atoms with Crippen molar-refractivity contribution in [1.82, 2.24) is 0 Å². The van der Waals surface area contributed by atoms with E-state index in [0.717, 1.165) is 31.2 Å². The zero-order chi connectivity index (χ0) is 17.9. The lowest BCUT2D eigenvalue weighted by Crippen LogP contribution is -2.32. The van der Waals surface area contributed by atoms with Gasteiger partial charge in [-0.25, -0.2) is 0 Å². The van der Waals surface area contributed by atoms with Gasteiger partial charge in [0.1, 0.15) is 17.1 Å². The number of allylic oxidation sites excluding steroid dienone is 2. The number of phenols is 1. The third-order valence-corrected chi connectivity index (χ3v) is 4.38. The van der Waals surface area contributed by atoms with Crippen LogP contribution in [0.3, 0.4) is 0 Å². The molecule has 0 bridgehead atoms. The van der Waals surface area contributed by atoms with Crippen molar-refractivity contribution < 1.29 is 14.6 Å². The van der Waals surface area contributed by atoms with Crippen molar-refractivity contribution >= 4 is 11.9 Å². The summed E-state index contributed by atoms with van der Waals surface area (Å²) in [5.74, 6) is 0.700. The van der Waals surface area contributed by atoms with Gasteiger partial charge in [0.2, 0.25) is 0 Å². The van der Waals surface area contributed by atoms with Crippen molar-refractivity contribution in [3.63, 3.8) is 0 Å². The number of ether oxygens (including phenoxy) is 1. The average molecular weight is 328 g/mol. The summed E-state index contributed by atoms with van der Waals surface area (Å²) in [4.78, 5) is 12.2. The van der Waals surface area contributed by atoms with Crippen molar-refractivity contribution in [3.05, 3.63) is 40.5 Å². The summed E-state index contributed by atoms with van der Waals surface area (Å²) in [5.41, 5.74) is 2.90. The molecule has 0 saturated heterocycles. The summed E-state index contributed by atoms with van der Waals surface area (Å²) >= 11 is 0. The highest BCUT2D eigenvalue weighted by Gasteiger charge is 2.31. The van der Waals surface area contributed by atoms with Crippen LogP contribution in [0.15, 0.2) is 23.8 Å². The first kappa shape index (κ1) is 18.3. The summed E-state index contributed by atoms with van der Waals surface area (Å²) < 4.78 is 6.26. The number of aromatic hydroxyl groups is 1. The first-order chi connectivity index (χ1) is 11.3. The van der Waals surface area contributed by atoms with Gasteiger partial charge in [-0.2, -0.15) is 0 Å². The molecule has 1 aliphatic rings. The Balaban J connectivity index is 2.44. The fourth-order valence-corrected chi connectivity index (χ4v) is 3.14. The van der Waals surface area contributed by atoms with Crippen molar-refractivity contribution in [1.29, 1.82) is 0 Å². The lowest BCUT2D eigenvalue weighted by Gasteiger charge is -2.33. The average Bonchev–Trinajstić information content (AvgIpc) is 2.46. The SMILES string of the molecule is CCCc1cc(O)c2c(c1C(C)=O)OC(C)(CCC=C(C)C)C=C2. The predicted molar refractivity (Wildman–Crippen MR) is 98.8 cm³/mol. The van der Waals surface area contributed by atoms with Gasteiger partial charge >= 0.3 is 0 Å². The molecule has 24 heavy (non-hydrogen) atoms. The van der Waals surface area contributed by atoms with E-state index in [2.05, 4.69) is 26.8 Å². The molecule has 3 heteroatoms. The second-order valence-corrected chi connectivity index (χ2v) is 7.05. The Morgan fingerprint density at radius 3 is 2.62 bits per heavy atom. The molecule has 0 spiro atoms. The maximum absolute atomic E-state index is 12.2. The highest BCUT2D eigenvalue weighted by molar-refractivity contribution is 6.00. The van der Waals surface area contributed by atoms with Crippen LogP contribution in [0.2, 0.25) is 0 Å². The number of hydrogen-bond donors (Lipinski definition) is 1. The first-order valence-electron chi connectivity index (χ1n) is 8.69. The highest BCUT2D eigenvalue weighted by atomic mass is 16.5. The summed E-state index contributed by atoms with van der Waals surface area (Å²) in [6, 6.07) is 1.71. The molecule has 1 aromatic carbocycles. The fraction of sp³-hybridized carbons (Fsp3) is 0.476. The second-order valence-electron chi connectivity index (χ2n) is 7.05. The standard InChI is InChI=1S/C21H28O3/c1-6-8-16-13-18(23)17-10-12-21(5,11-7-9-14(2)3)24-20(17)19(16)15(4)22/h9-10,12-13,23H,6-8,11H2,1-5H3. The smallest absolute Gasteiger partial charge is 0.163 e. The quantitative estimate of drug-likeness (QED) is 0.557. The Bertz CT molecular complexity index is 694. The van der Waals surface area contributed by atoms with Gasteiger partial charge in [0, 0.05) is 0 Å². The number of hydrogen-bond acceptors (Lipinski definition) is 3.